The van der Waals surface area contributed by atoms with Crippen molar-refractivity contribution in [3.05, 3.63) is 65.5 Å². The van der Waals surface area contributed by atoms with Crippen molar-refractivity contribution in [2.45, 2.75) is 13.0 Å². The number of aliphatic hydroxyl groups excluding tert-OH is 1. The van der Waals surface area contributed by atoms with Crippen molar-refractivity contribution < 1.29 is 14.2 Å². The molecular formula is C15H15FO2. The van der Waals surface area contributed by atoms with Gasteiger partial charge in [-0.2, -0.15) is 0 Å². The van der Waals surface area contributed by atoms with Crippen molar-refractivity contribution in [2.75, 3.05) is 6.61 Å². The van der Waals surface area contributed by atoms with Gasteiger partial charge in [0.25, 0.3) is 0 Å². The zero-order valence-corrected chi connectivity index (χ0v) is 10.1. The van der Waals surface area contributed by atoms with Crippen LogP contribution in [0.4, 0.5) is 4.39 Å². The molecule has 1 N–H and O–H groups in total. The van der Waals surface area contributed by atoms with Gasteiger partial charge in [-0.15, -0.1) is 0 Å². The Balaban J connectivity index is 2.02. The van der Waals surface area contributed by atoms with E-state index in [4.69, 9.17) is 4.74 Å². The van der Waals surface area contributed by atoms with E-state index in [0.29, 0.717) is 5.56 Å². The van der Waals surface area contributed by atoms with Crippen molar-refractivity contribution in [1.82, 2.24) is 0 Å². The lowest BCUT2D eigenvalue weighted by molar-refractivity contribution is 0.106. The Bertz CT molecular complexity index is 511. The van der Waals surface area contributed by atoms with Gasteiger partial charge in [0.1, 0.15) is 12.7 Å². The Morgan fingerprint density at radius 1 is 1.11 bits per heavy atom. The van der Waals surface area contributed by atoms with E-state index in [9.17, 15) is 9.50 Å². The summed E-state index contributed by atoms with van der Waals surface area (Å²) in [6.07, 6.45) is -0.758. The lowest BCUT2D eigenvalue weighted by atomic mass is 10.1. The summed E-state index contributed by atoms with van der Waals surface area (Å²) in [5.41, 5.74) is 1.28. The highest BCUT2D eigenvalue weighted by Gasteiger charge is 2.10. The first kappa shape index (κ1) is 12.6. The Morgan fingerprint density at radius 2 is 1.83 bits per heavy atom. The van der Waals surface area contributed by atoms with Crippen LogP contribution in [0.1, 0.15) is 17.2 Å². The molecule has 2 rings (SSSR count). The number of benzene rings is 2. The molecule has 0 heterocycles. The van der Waals surface area contributed by atoms with Gasteiger partial charge in [0.15, 0.2) is 11.6 Å². The number of ether oxygens (including phenoxy) is 1. The summed E-state index contributed by atoms with van der Waals surface area (Å²) in [7, 11) is 0. The van der Waals surface area contributed by atoms with Gasteiger partial charge in [-0.25, -0.2) is 4.39 Å². The first-order chi connectivity index (χ1) is 8.68. The maximum Gasteiger partial charge on any atom is 0.167 e. The normalized spacial score (nSPS) is 12.2. The summed E-state index contributed by atoms with van der Waals surface area (Å²) < 4.78 is 19.0. The number of hydrogen-bond acceptors (Lipinski definition) is 2. The highest BCUT2D eigenvalue weighted by atomic mass is 19.1. The fraction of sp³-hybridized carbons (Fsp3) is 0.200. The van der Waals surface area contributed by atoms with Crippen LogP contribution in [0.25, 0.3) is 0 Å². The molecule has 0 aliphatic heterocycles. The second-order valence-electron chi connectivity index (χ2n) is 4.12. The minimum Gasteiger partial charge on any atom is -0.487 e. The highest BCUT2D eigenvalue weighted by molar-refractivity contribution is 5.30. The molecule has 0 aliphatic carbocycles. The summed E-state index contributed by atoms with van der Waals surface area (Å²) in [5, 5.41) is 9.89. The third kappa shape index (κ3) is 2.87. The van der Waals surface area contributed by atoms with Gasteiger partial charge in [0.05, 0.1) is 0 Å². The fourth-order valence-corrected chi connectivity index (χ4v) is 1.67. The number of hydrogen-bond donors (Lipinski definition) is 1. The third-order valence-corrected chi connectivity index (χ3v) is 2.74. The van der Waals surface area contributed by atoms with Crippen LogP contribution >= 0.6 is 0 Å². The molecule has 0 amide bonds. The summed E-state index contributed by atoms with van der Waals surface area (Å²) >= 11 is 0. The van der Waals surface area contributed by atoms with Gasteiger partial charge >= 0.3 is 0 Å². The minimum atomic E-state index is -0.758. The average Bonchev–Trinajstić information content (AvgIpc) is 2.41. The van der Waals surface area contributed by atoms with Crippen molar-refractivity contribution in [2.24, 2.45) is 0 Å². The molecule has 0 bridgehead atoms. The molecule has 2 aromatic carbocycles. The van der Waals surface area contributed by atoms with E-state index in [0.717, 1.165) is 5.56 Å². The summed E-state index contributed by atoms with van der Waals surface area (Å²) in [6.45, 7) is 1.71. The molecule has 3 heteroatoms. The Hall–Kier alpha value is -1.87. The SMILES string of the molecule is Cc1cccc(OCC(O)c2ccccc2)c1F. The van der Waals surface area contributed by atoms with Crippen LogP contribution in [-0.4, -0.2) is 11.7 Å². The van der Waals surface area contributed by atoms with E-state index in [1.165, 1.54) is 0 Å². The lowest BCUT2D eigenvalue weighted by Crippen LogP contribution is -2.10. The quantitative estimate of drug-likeness (QED) is 0.897. The van der Waals surface area contributed by atoms with Gasteiger partial charge in [0.2, 0.25) is 0 Å². The van der Waals surface area contributed by atoms with Crippen LogP contribution in [0.2, 0.25) is 0 Å². The van der Waals surface area contributed by atoms with Gasteiger partial charge in [-0.05, 0) is 24.1 Å². The standard InChI is InChI=1S/C15H15FO2/c1-11-6-5-9-14(15(11)16)18-10-13(17)12-7-3-2-4-8-12/h2-9,13,17H,10H2,1H3. The number of aryl methyl sites for hydroxylation is 1. The van der Waals surface area contributed by atoms with Crippen LogP contribution in [0.15, 0.2) is 48.5 Å². The van der Waals surface area contributed by atoms with Gasteiger partial charge in [0, 0.05) is 0 Å². The second kappa shape index (κ2) is 5.65. The predicted octanol–water partition coefficient (Wildman–Crippen LogP) is 3.25. The van der Waals surface area contributed by atoms with Crippen molar-refractivity contribution in [1.29, 1.82) is 0 Å². The van der Waals surface area contributed by atoms with Crippen LogP contribution in [-0.2, 0) is 0 Å². The van der Waals surface area contributed by atoms with Crippen molar-refractivity contribution >= 4 is 0 Å². The molecular weight excluding hydrogens is 231 g/mol. The Morgan fingerprint density at radius 3 is 2.56 bits per heavy atom. The van der Waals surface area contributed by atoms with E-state index < -0.39 is 6.10 Å². The van der Waals surface area contributed by atoms with Crippen LogP contribution < -0.4 is 4.74 Å². The van der Waals surface area contributed by atoms with E-state index in [-0.39, 0.29) is 18.2 Å². The number of rotatable bonds is 4. The van der Waals surface area contributed by atoms with Crippen LogP contribution in [0, 0.1) is 12.7 Å². The molecule has 2 nitrogen and oxygen atoms in total. The van der Waals surface area contributed by atoms with Gasteiger partial charge in [-0.3, -0.25) is 0 Å². The zero-order valence-electron chi connectivity index (χ0n) is 10.1. The maximum absolute atomic E-state index is 13.6. The zero-order chi connectivity index (χ0) is 13.0. The monoisotopic (exact) mass is 246 g/mol. The molecule has 1 unspecified atom stereocenters. The van der Waals surface area contributed by atoms with E-state index in [1.54, 1.807) is 37.3 Å². The molecule has 2 aromatic rings. The summed E-state index contributed by atoms with van der Waals surface area (Å²) in [6, 6.07) is 14.1. The molecule has 0 fully saturated rings. The predicted molar refractivity (Wildman–Crippen MR) is 68.0 cm³/mol. The lowest BCUT2D eigenvalue weighted by Gasteiger charge is -2.13. The molecule has 0 aromatic heterocycles. The Labute approximate surface area is 106 Å². The first-order valence-electron chi connectivity index (χ1n) is 5.79. The molecule has 1 atom stereocenters. The number of aliphatic hydroxyl groups is 1. The Kier molecular flexibility index (Phi) is 3.95. The molecule has 0 saturated heterocycles. The van der Waals surface area contributed by atoms with Gasteiger partial charge < -0.3 is 9.84 Å². The van der Waals surface area contributed by atoms with Crippen molar-refractivity contribution in [3.8, 4) is 5.75 Å². The van der Waals surface area contributed by atoms with E-state index >= 15 is 0 Å². The number of halogens is 1. The second-order valence-corrected chi connectivity index (χ2v) is 4.12. The molecule has 0 aliphatic rings. The van der Waals surface area contributed by atoms with Gasteiger partial charge in [-0.1, -0.05) is 42.5 Å². The molecule has 0 spiro atoms. The first-order valence-corrected chi connectivity index (χ1v) is 5.79. The molecule has 0 saturated carbocycles. The topological polar surface area (TPSA) is 29.5 Å². The average molecular weight is 246 g/mol. The fourth-order valence-electron chi connectivity index (χ4n) is 1.67. The molecule has 94 valence electrons. The van der Waals surface area contributed by atoms with Crippen LogP contribution in [0.5, 0.6) is 5.75 Å². The van der Waals surface area contributed by atoms with Crippen LogP contribution in [0.3, 0.4) is 0 Å². The minimum absolute atomic E-state index is 0.0321. The summed E-state index contributed by atoms with van der Waals surface area (Å²) in [5.74, 6) is -0.206. The molecule has 18 heavy (non-hydrogen) atoms. The highest BCUT2D eigenvalue weighted by Crippen LogP contribution is 2.21. The maximum atomic E-state index is 13.6. The summed E-state index contributed by atoms with van der Waals surface area (Å²) in [4.78, 5) is 0. The third-order valence-electron chi connectivity index (χ3n) is 2.74. The molecule has 0 radical (unpaired) electrons. The smallest absolute Gasteiger partial charge is 0.167 e. The largest absolute Gasteiger partial charge is 0.487 e. The van der Waals surface area contributed by atoms with E-state index in [2.05, 4.69) is 0 Å². The van der Waals surface area contributed by atoms with E-state index in [1.807, 2.05) is 18.2 Å². The van der Waals surface area contributed by atoms with Crippen molar-refractivity contribution in [3.63, 3.8) is 0 Å².